The minimum atomic E-state index is 0.512. The Bertz CT molecular complexity index is 461. The highest BCUT2D eigenvalue weighted by molar-refractivity contribution is 9.10. The summed E-state index contributed by atoms with van der Waals surface area (Å²) >= 11 is 3.68. The van der Waals surface area contributed by atoms with Crippen molar-refractivity contribution in [2.45, 2.75) is 31.8 Å². The minimum absolute atomic E-state index is 0.512. The summed E-state index contributed by atoms with van der Waals surface area (Å²) in [6.07, 6.45) is 2.78. The average Bonchev–Trinajstić information content (AvgIpc) is 3.25. The van der Waals surface area contributed by atoms with Gasteiger partial charge >= 0.3 is 0 Å². The minimum Gasteiger partial charge on any atom is -0.497 e. The first-order chi connectivity index (χ1) is 9.19. The third-order valence-electron chi connectivity index (χ3n) is 4.25. The molecule has 1 saturated heterocycles. The summed E-state index contributed by atoms with van der Waals surface area (Å²) in [7, 11) is 1.72. The molecule has 1 heterocycles. The van der Waals surface area contributed by atoms with Gasteiger partial charge in [0.15, 0.2) is 0 Å². The fourth-order valence-corrected chi connectivity index (χ4v) is 3.35. The van der Waals surface area contributed by atoms with E-state index in [9.17, 15) is 0 Å². The summed E-state index contributed by atoms with van der Waals surface area (Å²) < 4.78 is 6.51. The molecule has 19 heavy (non-hydrogen) atoms. The van der Waals surface area contributed by atoms with Crippen LogP contribution in [0.25, 0.3) is 0 Å². The molecule has 1 aliphatic heterocycles. The van der Waals surface area contributed by atoms with E-state index in [1.165, 1.54) is 18.5 Å². The SMILES string of the molecule is COc1ccc(Br)c(N2CC(C3CC3)NCC2C)c1. The summed E-state index contributed by atoms with van der Waals surface area (Å²) in [6, 6.07) is 7.37. The zero-order chi connectivity index (χ0) is 13.4. The van der Waals surface area contributed by atoms with Gasteiger partial charge in [-0.1, -0.05) is 0 Å². The first-order valence-corrected chi connectivity index (χ1v) is 7.82. The van der Waals surface area contributed by atoms with E-state index in [0.29, 0.717) is 12.1 Å². The number of hydrogen-bond acceptors (Lipinski definition) is 3. The molecule has 0 radical (unpaired) electrons. The summed E-state index contributed by atoms with van der Waals surface area (Å²) in [5, 5.41) is 3.69. The van der Waals surface area contributed by atoms with Crippen LogP contribution in [-0.2, 0) is 0 Å². The lowest BCUT2D eigenvalue weighted by Crippen LogP contribution is -2.56. The van der Waals surface area contributed by atoms with Crippen LogP contribution >= 0.6 is 15.9 Å². The van der Waals surface area contributed by atoms with Gasteiger partial charge in [0.25, 0.3) is 0 Å². The van der Waals surface area contributed by atoms with Crippen molar-refractivity contribution in [2.24, 2.45) is 5.92 Å². The molecule has 4 heteroatoms. The van der Waals surface area contributed by atoms with Crippen molar-refractivity contribution in [3.63, 3.8) is 0 Å². The normalized spacial score (nSPS) is 27.4. The maximum atomic E-state index is 5.36. The molecule has 0 aromatic heterocycles. The Hall–Kier alpha value is -0.740. The van der Waals surface area contributed by atoms with Gasteiger partial charge in [0.05, 0.1) is 12.8 Å². The smallest absolute Gasteiger partial charge is 0.121 e. The first kappa shape index (κ1) is 13.3. The van der Waals surface area contributed by atoms with Gasteiger partial charge in [0.2, 0.25) is 0 Å². The standard InChI is InChI=1S/C15H21BrN2O/c1-10-8-17-14(11-3-4-11)9-18(10)15-7-12(19-2)5-6-13(15)16/h5-7,10-11,14,17H,3-4,8-9H2,1-2H3. The summed E-state index contributed by atoms with van der Waals surface area (Å²) in [6.45, 7) is 4.43. The Morgan fingerprint density at radius 2 is 2.16 bits per heavy atom. The molecule has 2 atom stereocenters. The lowest BCUT2D eigenvalue weighted by Gasteiger charge is -2.41. The molecule has 3 nitrogen and oxygen atoms in total. The van der Waals surface area contributed by atoms with Gasteiger partial charge in [-0.3, -0.25) is 0 Å². The molecule has 0 bridgehead atoms. The molecule has 1 aromatic rings. The maximum absolute atomic E-state index is 5.36. The molecule has 0 spiro atoms. The van der Waals surface area contributed by atoms with Crippen molar-refractivity contribution >= 4 is 21.6 Å². The molecule has 2 unspecified atom stereocenters. The van der Waals surface area contributed by atoms with E-state index in [1.807, 2.05) is 6.07 Å². The Kier molecular flexibility index (Phi) is 3.72. The number of anilines is 1. The van der Waals surface area contributed by atoms with E-state index in [-0.39, 0.29) is 0 Å². The van der Waals surface area contributed by atoms with E-state index in [4.69, 9.17) is 4.74 Å². The van der Waals surface area contributed by atoms with Crippen LogP contribution < -0.4 is 15.0 Å². The summed E-state index contributed by atoms with van der Waals surface area (Å²) in [5.74, 6) is 1.81. The predicted octanol–water partition coefficient (Wildman–Crippen LogP) is 3.03. The highest BCUT2D eigenvalue weighted by atomic mass is 79.9. The number of ether oxygens (including phenoxy) is 1. The van der Waals surface area contributed by atoms with Crippen LogP contribution in [0.4, 0.5) is 5.69 Å². The van der Waals surface area contributed by atoms with E-state index in [1.54, 1.807) is 7.11 Å². The van der Waals surface area contributed by atoms with Crippen molar-refractivity contribution in [2.75, 3.05) is 25.1 Å². The number of benzene rings is 1. The molecule has 2 fully saturated rings. The lowest BCUT2D eigenvalue weighted by atomic mass is 10.1. The highest BCUT2D eigenvalue weighted by Gasteiger charge is 2.36. The zero-order valence-electron chi connectivity index (χ0n) is 11.5. The molecule has 1 saturated carbocycles. The lowest BCUT2D eigenvalue weighted by molar-refractivity contribution is 0.374. The molecule has 3 rings (SSSR count). The number of halogens is 1. The second-order valence-corrected chi connectivity index (χ2v) is 6.53. The van der Waals surface area contributed by atoms with Crippen LogP contribution in [0.1, 0.15) is 19.8 Å². The van der Waals surface area contributed by atoms with Gasteiger partial charge in [0, 0.05) is 35.7 Å². The van der Waals surface area contributed by atoms with Gasteiger partial charge < -0.3 is 15.0 Å². The van der Waals surface area contributed by atoms with Crippen LogP contribution in [0, 0.1) is 5.92 Å². The monoisotopic (exact) mass is 324 g/mol. The fourth-order valence-electron chi connectivity index (χ4n) is 2.88. The van der Waals surface area contributed by atoms with Crippen molar-refractivity contribution in [3.8, 4) is 5.75 Å². The molecule has 1 aromatic carbocycles. The Morgan fingerprint density at radius 3 is 2.84 bits per heavy atom. The van der Waals surface area contributed by atoms with Crippen LogP contribution in [-0.4, -0.2) is 32.3 Å². The second-order valence-electron chi connectivity index (χ2n) is 5.67. The number of hydrogen-bond donors (Lipinski definition) is 1. The maximum Gasteiger partial charge on any atom is 0.121 e. The van der Waals surface area contributed by atoms with Gasteiger partial charge in [-0.05, 0) is 53.7 Å². The summed E-state index contributed by atoms with van der Waals surface area (Å²) in [4.78, 5) is 2.51. The Balaban J connectivity index is 1.85. The van der Waals surface area contributed by atoms with Crippen LogP contribution in [0.3, 0.4) is 0 Å². The molecular weight excluding hydrogens is 304 g/mol. The molecule has 1 aliphatic carbocycles. The third kappa shape index (κ3) is 2.75. The van der Waals surface area contributed by atoms with Gasteiger partial charge in [-0.15, -0.1) is 0 Å². The number of piperazine rings is 1. The first-order valence-electron chi connectivity index (χ1n) is 7.02. The quantitative estimate of drug-likeness (QED) is 0.924. The van der Waals surface area contributed by atoms with Crippen molar-refractivity contribution in [3.05, 3.63) is 22.7 Å². The number of nitrogens with zero attached hydrogens (tertiary/aromatic N) is 1. The van der Waals surface area contributed by atoms with E-state index in [2.05, 4.69) is 45.2 Å². The second kappa shape index (κ2) is 5.33. The van der Waals surface area contributed by atoms with Crippen molar-refractivity contribution in [1.82, 2.24) is 5.32 Å². The van der Waals surface area contributed by atoms with E-state index in [0.717, 1.165) is 29.2 Å². The third-order valence-corrected chi connectivity index (χ3v) is 4.93. The molecule has 0 amide bonds. The number of nitrogens with one attached hydrogen (secondary N) is 1. The predicted molar refractivity (Wildman–Crippen MR) is 82.0 cm³/mol. The largest absolute Gasteiger partial charge is 0.497 e. The Morgan fingerprint density at radius 1 is 1.37 bits per heavy atom. The molecule has 2 aliphatic rings. The van der Waals surface area contributed by atoms with Crippen LogP contribution in [0.2, 0.25) is 0 Å². The average molecular weight is 325 g/mol. The zero-order valence-corrected chi connectivity index (χ0v) is 13.1. The molecule has 1 N–H and O–H groups in total. The van der Waals surface area contributed by atoms with E-state index < -0.39 is 0 Å². The van der Waals surface area contributed by atoms with Crippen LogP contribution in [0.15, 0.2) is 22.7 Å². The van der Waals surface area contributed by atoms with Gasteiger partial charge in [0.1, 0.15) is 5.75 Å². The van der Waals surface area contributed by atoms with Crippen molar-refractivity contribution in [1.29, 1.82) is 0 Å². The fraction of sp³-hybridized carbons (Fsp3) is 0.600. The Labute approximate surface area is 123 Å². The topological polar surface area (TPSA) is 24.5 Å². The highest BCUT2D eigenvalue weighted by Crippen LogP contribution is 2.37. The van der Waals surface area contributed by atoms with E-state index >= 15 is 0 Å². The number of rotatable bonds is 3. The van der Waals surface area contributed by atoms with Gasteiger partial charge in [-0.2, -0.15) is 0 Å². The molecule has 104 valence electrons. The number of methoxy groups -OCH3 is 1. The van der Waals surface area contributed by atoms with Crippen LogP contribution in [0.5, 0.6) is 5.75 Å². The molecular formula is C15H21BrN2O. The van der Waals surface area contributed by atoms with Crippen molar-refractivity contribution < 1.29 is 4.74 Å². The summed E-state index contributed by atoms with van der Waals surface area (Å²) in [5.41, 5.74) is 1.25. The van der Waals surface area contributed by atoms with Gasteiger partial charge in [-0.25, -0.2) is 0 Å².